The van der Waals surface area contributed by atoms with Gasteiger partial charge in [-0.05, 0) is 24.2 Å². The van der Waals surface area contributed by atoms with Crippen LogP contribution in [0.1, 0.15) is 34.1 Å². The van der Waals surface area contributed by atoms with Crippen molar-refractivity contribution in [2.24, 2.45) is 23.7 Å². The summed E-state index contributed by atoms with van der Waals surface area (Å²) in [6, 6.07) is -0.134. The largest absolute Gasteiger partial charge is 0.481 e. The van der Waals surface area contributed by atoms with E-state index in [0.29, 0.717) is 11.8 Å². The number of carbonyl (C=O) groups excluding carboxylic acids is 1. The third-order valence-corrected chi connectivity index (χ3v) is 3.75. The highest BCUT2D eigenvalue weighted by atomic mass is 16.4. The van der Waals surface area contributed by atoms with Crippen molar-refractivity contribution in [2.45, 2.75) is 34.1 Å². The molecule has 0 saturated carbocycles. The van der Waals surface area contributed by atoms with E-state index in [1.807, 2.05) is 13.8 Å². The first-order chi connectivity index (χ1) is 8.81. The van der Waals surface area contributed by atoms with Gasteiger partial charge >= 0.3 is 12.0 Å². The van der Waals surface area contributed by atoms with Crippen molar-refractivity contribution >= 4 is 12.0 Å². The van der Waals surface area contributed by atoms with E-state index in [9.17, 15) is 9.59 Å². The number of urea groups is 1. The topological polar surface area (TPSA) is 69.6 Å². The minimum atomic E-state index is -0.851. The number of hydrogen-bond donors (Lipinski definition) is 2. The molecule has 2 amide bonds. The first kappa shape index (κ1) is 15.8. The molecule has 0 aromatic rings. The van der Waals surface area contributed by atoms with Crippen molar-refractivity contribution in [3.63, 3.8) is 0 Å². The second kappa shape index (κ2) is 6.78. The van der Waals surface area contributed by atoms with Gasteiger partial charge in [0.05, 0.1) is 5.92 Å². The molecule has 1 heterocycles. The van der Waals surface area contributed by atoms with Gasteiger partial charge in [-0.2, -0.15) is 0 Å². The molecule has 1 fully saturated rings. The third kappa shape index (κ3) is 4.73. The number of piperidine rings is 1. The van der Waals surface area contributed by atoms with Crippen LogP contribution < -0.4 is 5.32 Å². The van der Waals surface area contributed by atoms with E-state index in [2.05, 4.69) is 19.2 Å². The van der Waals surface area contributed by atoms with Gasteiger partial charge < -0.3 is 15.3 Å². The molecule has 1 saturated heterocycles. The van der Waals surface area contributed by atoms with Crippen molar-refractivity contribution in [2.75, 3.05) is 19.6 Å². The van der Waals surface area contributed by atoms with E-state index in [1.165, 1.54) is 0 Å². The Labute approximate surface area is 115 Å². The van der Waals surface area contributed by atoms with Crippen LogP contribution in [0.25, 0.3) is 0 Å². The molecule has 0 aromatic carbocycles. The smallest absolute Gasteiger partial charge is 0.317 e. The molecule has 3 unspecified atom stereocenters. The van der Waals surface area contributed by atoms with Gasteiger partial charge in [-0.25, -0.2) is 4.79 Å². The highest BCUT2D eigenvalue weighted by molar-refractivity contribution is 5.76. The third-order valence-electron chi connectivity index (χ3n) is 3.75. The number of nitrogens with zero attached hydrogens (tertiary/aromatic N) is 1. The summed E-state index contributed by atoms with van der Waals surface area (Å²) in [5.74, 6) is -0.346. The molecular weight excluding hydrogens is 244 g/mol. The second-order valence-corrected chi connectivity index (χ2v) is 6.23. The van der Waals surface area contributed by atoms with Gasteiger partial charge in [0.25, 0.3) is 0 Å². The van der Waals surface area contributed by atoms with Crippen LogP contribution in [0.4, 0.5) is 4.79 Å². The highest BCUT2D eigenvalue weighted by Crippen LogP contribution is 2.20. The molecule has 0 radical (unpaired) electrons. The summed E-state index contributed by atoms with van der Waals surface area (Å²) >= 11 is 0. The van der Waals surface area contributed by atoms with Crippen LogP contribution in [0, 0.1) is 23.7 Å². The van der Waals surface area contributed by atoms with E-state index in [0.717, 1.165) is 19.5 Å². The van der Waals surface area contributed by atoms with Gasteiger partial charge in [0.2, 0.25) is 0 Å². The normalized spacial score (nSPS) is 25.2. The molecular formula is C14H26N2O3. The van der Waals surface area contributed by atoms with Crippen LogP contribution in [0.2, 0.25) is 0 Å². The molecule has 3 atom stereocenters. The quantitative estimate of drug-likeness (QED) is 0.821. The Morgan fingerprint density at radius 2 is 1.79 bits per heavy atom. The van der Waals surface area contributed by atoms with E-state index in [1.54, 1.807) is 4.90 Å². The maximum atomic E-state index is 12.1. The Morgan fingerprint density at radius 1 is 1.26 bits per heavy atom. The number of amides is 2. The first-order valence-electron chi connectivity index (χ1n) is 7.06. The fourth-order valence-corrected chi connectivity index (χ4v) is 2.75. The number of carbonyl (C=O) groups is 2. The monoisotopic (exact) mass is 270 g/mol. The zero-order chi connectivity index (χ0) is 14.6. The molecule has 1 aliphatic heterocycles. The van der Waals surface area contributed by atoms with Crippen LogP contribution in [-0.2, 0) is 4.79 Å². The summed E-state index contributed by atoms with van der Waals surface area (Å²) in [6.07, 6.45) is 1.15. The molecule has 0 aliphatic carbocycles. The Balaban J connectivity index is 2.48. The number of likely N-dealkylation sites (tertiary alicyclic amines) is 1. The molecule has 5 heteroatoms. The minimum Gasteiger partial charge on any atom is -0.481 e. The van der Waals surface area contributed by atoms with Crippen molar-refractivity contribution in [1.82, 2.24) is 10.2 Å². The van der Waals surface area contributed by atoms with E-state index in [-0.39, 0.29) is 18.5 Å². The van der Waals surface area contributed by atoms with E-state index < -0.39 is 11.9 Å². The molecule has 0 aromatic heterocycles. The predicted octanol–water partition coefficient (Wildman–Crippen LogP) is 2.03. The number of hydrogen-bond acceptors (Lipinski definition) is 2. The van der Waals surface area contributed by atoms with Crippen LogP contribution in [0.5, 0.6) is 0 Å². The SMILES string of the molecule is CC1CC(C)CN(C(=O)NCC(C(=O)O)C(C)C)C1. The van der Waals surface area contributed by atoms with Crippen LogP contribution in [0.15, 0.2) is 0 Å². The van der Waals surface area contributed by atoms with Gasteiger partial charge in [-0.3, -0.25) is 4.79 Å². The predicted molar refractivity (Wildman–Crippen MR) is 73.9 cm³/mol. The van der Waals surface area contributed by atoms with Gasteiger partial charge in [0.15, 0.2) is 0 Å². The van der Waals surface area contributed by atoms with Crippen molar-refractivity contribution < 1.29 is 14.7 Å². The highest BCUT2D eigenvalue weighted by Gasteiger charge is 2.27. The lowest BCUT2D eigenvalue weighted by Gasteiger charge is -2.35. The fraction of sp³-hybridized carbons (Fsp3) is 0.857. The average Bonchev–Trinajstić information content (AvgIpc) is 2.26. The minimum absolute atomic E-state index is 0.0111. The molecule has 1 rings (SSSR count). The Morgan fingerprint density at radius 3 is 2.21 bits per heavy atom. The zero-order valence-corrected chi connectivity index (χ0v) is 12.3. The van der Waals surface area contributed by atoms with E-state index in [4.69, 9.17) is 5.11 Å². The van der Waals surface area contributed by atoms with Crippen molar-refractivity contribution in [1.29, 1.82) is 0 Å². The lowest BCUT2D eigenvalue weighted by atomic mass is 9.92. The van der Waals surface area contributed by atoms with E-state index >= 15 is 0 Å². The summed E-state index contributed by atoms with van der Waals surface area (Å²) in [5.41, 5.74) is 0. The molecule has 1 aliphatic rings. The van der Waals surface area contributed by atoms with Gasteiger partial charge in [-0.1, -0.05) is 27.7 Å². The second-order valence-electron chi connectivity index (χ2n) is 6.23. The lowest BCUT2D eigenvalue weighted by Crippen LogP contribution is -2.49. The molecule has 0 spiro atoms. The van der Waals surface area contributed by atoms with Gasteiger partial charge in [0.1, 0.15) is 0 Å². The number of aliphatic carboxylic acids is 1. The number of carboxylic acids is 1. The molecule has 110 valence electrons. The Hall–Kier alpha value is -1.26. The maximum absolute atomic E-state index is 12.1. The average molecular weight is 270 g/mol. The molecule has 0 bridgehead atoms. The van der Waals surface area contributed by atoms with Crippen LogP contribution >= 0.6 is 0 Å². The van der Waals surface area contributed by atoms with Crippen molar-refractivity contribution in [3.8, 4) is 0 Å². The number of nitrogens with one attached hydrogen (secondary N) is 1. The Kier molecular flexibility index (Phi) is 5.63. The summed E-state index contributed by atoms with van der Waals surface area (Å²) in [7, 11) is 0. The summed E-state index contributed by atoms with van der Waals surface area (Å²) in [6.45, 7) is 9.72. The summed E-state index contributed by atoms with van der Waals surface area (Å²) < 4.78 is 0. The molecule has 19 heavy (non-hydrogen) atoms. The summed E-state index contributed by atoms with van der Waals surface area (Å²) in [4.78, 5) is 24.9. The van der Waals surface area contributed by atoms with Crippen molar-refractivity contribution in [3.05, 3.63) is 0 Å². The van der Waals surface area contributed by atoms with Crippen LogP contribution in [0.3, 0.4) is 0 Å². The zero-order valence-electron chi connectivity index (χ0n) is 12.3. The lowest BCUT2D eigenvalue weighted by molar-refractivity contribution is -0.142. The molecule has 5 nitrogen and oxygen atoms in total. The van der Waals surface area contributed by atoms with Crippen LogP contribution in [-0.4, -0.2) is 41.6 Å². The fourth-order valence-electron chi connectivity index (χ4n) is 2.75. The summed E-state index contributed by atoms with van der Waals surface area (Å²) in [5, 5.41) is 11.8. The number of rotatable bonds is 4. The molecule has 2 N–H and O–H groups in total. The standard InChI is InChI=1S/C14H26N2O3/c1-9(2)12(13(17)18)6-15-14(19)16-7-10(3)5-11(4)8-16/h9-12H,5-8H2,1-4H3,(H,15,19)(H,17,18). The van der Waals surface area contributed by atoms with Gasteiger partial charge in [-0.15, -0.1) is 0 Å². The Bertz CT molecular complexity index is 321. The first-order valence-corrected chi connectivity index (χ1v) is 7.06. The maximum Gasteiger partial charge on any atom is 0.317 e. The van der Waals surface area contributed by atoms with Gasteiger partial charge in [0, 0.05) is 19.6 Å². The number of carboxylic acid groups (broad SMARTS) is 1.